The van der Waals surface area contributed by atoms with E-state index in [0.29, 0.717) is 6.04 Å². The second kappa shape index (κ2) is 7.46. The van der Waals surface area contributed by atoms with Crippen molar-refractivity contribution in [2.24, 2.45) is 11.8 Å². The summed E-state index contributed by atoms with van der Waals surface area (Å²) in [6, 6.07) is 0.417. The van der Waals surface area contributed by atoms with E-state index in [0.717, 1.165) is 5.92 Å². The second-order valence-corrected chi connectivity index (χ2v) is 6.38. The molecule has 1 fully saturated rings. The van der Waals surface area contributed by atoms with Crippen molar-refractivity contribution in [3.8, 4) is 0 Å². The number of hydrazine groups is 1. The molecule has 0 radical (unpaired) electrons. The molecule has 2 unspecified atom stereocenters. The average Bonchev–Trinajstić information content (AvgIpc) is 2.62. The van der Waals surface area contributed by atoms with Gasteiger partial charge in [0.2, 0.25) is 0 Å². The van der Waals surface area contributed by atoms with E-state index in [4.69, 9.17) is 5.84 Å². The minimum Gasteiger partial charge on any atom is -0.302 e. The van der Waals surface area contributed by atoms with Gasteiger partial charge in [0, 0.05) is 11.6 Å². The molecular formula is C15H33N3. The summed E-state index contributed by atoms with van der Waals surface area (Å²) in [6.45, 7) is 4.61. The Bertz CT molecular complexity index is 220. The quantitative estimate of drug-likeness (QED) is 0.435. The molecule has 18 heavy (non-hydrogen) atoms. The molecule has 0 aromatic carbocycles. The molecule has 3 heteroatoms. The summed E-state index contributed by atoms with van der Waals surface area (Å²) in [7, 11) is 4.46. The fourth-order valence-electron chi connectivity index (χ4n) is 3.46. The van der Waals surface area contributed by atoms with Crippen molar-refractivity contribution < 1.29 is 0 Å². The third kappa shape index (κ3) is 3.69. The van der Waals surface area contributed by atoms with Crippen molar-refractivity contribution in [1.29, 1.82) is 0 Å². The topological polar surface area (TPSA) is 41.3 Å². The van der Waals surface area contributed by atoms with Crippen molar-refractivity contribution in [1.82, 2.24) is 10.3 Å². The minimum absolute atomic E-state index is 0.259. The van der Waals surface area contributed by atoms with Crippen LogP contribution in [-0.2, 0) is 0 Å². The largest absolute Gasteiger partial charge is 0.302 e. The van der Waals surface area contributed by atoms with Crippen LogP contribution >= 0.6 is 0 Å². The van der Waals surface area contributed by atoms with Gasteiger partial charge >= 0.3 is 0 Å². The van der Waals surface area contributed by atoms with Crippen LogP contribution in [0.4, 0.5) is 0 Å². The Morgan fingerprint density at radius 3 is 2.11 bits per heavy atom. The van der Waals surface area contributed by atoms with Crippen LogP contribution in [0, 0.1) is 5.92 Å². The third-order valence-electron chi connectivity index (χ3n) is 5.04. The average molecular weight is 255 g/mol. The molecule has 3 N–H and O–H groups in total. The molecule has 0 aromatic heterocycles. The number of hydrogen-bond donors (Lipinski definition) is 2. The first-order valence-corrected chi connectivity index (χ1v) is 7.70. The predicted molar refractivity (Wildman–Crippen MR) is 79.3 cm³/mol. The Kier molecular flexibility index (Phi) is 6.61. The van der Waals surface area contributed by atoms with Crippen LogP contribution in [0.3, 0.4) is 0 Å². The highest BCUT2D eigenvalue weighted by Crippen LogP contribution is 2.36. The lowest BCUT2D eigenvalue weighted by atomic mass is 9.77. The highest BCUT2D eigenvalue weighted by molar-refractivity contribution is 4.99. The first-order valence-electron chi connectivity index (χ1n) is 7.70. The van der Waals surface area contributed by atoms with Gasteiger partial charge in [-0.2, -0.15) is 0 Å². The van der Waals surface area contributed by atoms with Crippen LogP contribution in [-0.4, -0.2) is 30.6 Å². The Labute approximate surface area is 113 Å². The minimum atomic E-state index is 0.259. The SMILES string of the molecule is CCC(C)CC(NN)C1(N(C)C)CCCCCC1. The van der Waals surface area contributed by atoms with Gasteiger partial charge in [-0.3, -0.25) is 11.3 Å². The van der Waals surface area contributed by atoms with Crippen molar-refractivity contribution in [2.45, 2.75) is 76.8 Å². The van der Waals surface area contributed by atoms with Gasteiger partial charge in [-0.1, -0.05) is 46.0 Å². The lowest BCUT2D eigenvalue weighted by Gasteiger charge is -2.46. The molecule has 2 atom stereocenters. The molecule has 0 amide bonds. The number of rotatable bonds is 6. The number of hydrogen-bond acceptors (Lipinski definition) is 3. The van der Waals surface area contributed by atoms with Gasteiger partial charge in [0.1, 0.15) is 0 Å². The molecule has 1 aliphatic rings. The predicted octanol–water partition coefficient (Wildman–Crippen LogP) is 2.91. The zero-order valence-corrected chi connectivity index (χ0v) is 12.8. The first kappa shape index (κ1) is 15.9. The zero-order chi connectivity index (χ0) is 13.6. The fraction of sp³-hybridized carbons (Fsp3) is 1.00. The van der Waals surface area contributed by atoms with E-state index in [1.54, 1.807) is 0 Å². The molecule has 1 rings (SSSR count). The third-order valence-corrected chi connectivity index (χ3v) is 5.04. The standard InChI is InChI=1S/C15H33N3/c1-5-13(2)12-14(17-16)15(18(3)4)10-8-6-7-9-11-15/h13-14,17H,5-12,16H2,1-4H3. The van der Waals surface area contributed by atoms with E-state index in [2.05, 4.69) is 38.3 Å². The second-order valence-electron chi connectivity index (χ2n) is 6.38. The van der Waals surface area contributed by atoms with Crippen molar-refractivity contribution >= 4 is 0 Å². The van der Waals surface area contributed by atoms with Gasteiger partial charge in [-0.25, -0.2) is 0 Å². The normalized spacial score (nSPS) is 23.7. The Morgan fingerprint density at radius 2 is 1.72 bits per heavy atom. The molecular weight excluding hydrogens is 222 g/mol. The Morgan fingerprint density at radius 1 is 1.17 bits per heavy atom. The van der Waals surface area contributed by atoms with Gasteiger partial charge in [-0.15, -0.1) is 0 Å². The van der Waals surface area contributed by atoms with Crippen LogP contribution in [0.1, 0.15) is 65.2 Å². The summed E-state index contributed by atoms with van der Waals surface area (Å²) in [6.07, 6.45) is 10.4. The molecule has 108 valence electrons. The molecule has 0 bridgehead atoms. The van der Waals surface area contributed by atoms with Crippen molar-refractivity contribution in [2.75, 3.05) is 14.1 Å². The molecule has 0 heterocycles. The summed E-state index contributed by atoms with van der Waals surface area (Å²) < 4.78 is 0. The summed E-state index contributed by atoms with van der Waals surface area (Å²) in [5.74, 6) is 6.65. The summed E-state index contributed by atoms with van der Waals surface area (Å²) >= 11 is 0. The van der Waals surface area contributed by atoms with E-state index in [1.807, 2.05) is 0 Å². The van der Waals surface area contributed by atoms with Gasteiger partial charge < -0.3 is 4.90 Å². The van der Waals surface area contributed by atoms with Crippen LogP contribution in [0.15, 0.2) is 0 Å². The Balaban J connectivity index is 2.84. The van der Waals surface area contributed by atoms with Crippen LogP contribution < -0.4 is 11.3 Å². The summed E-state index contributed by atoms with van der Waals surface area (Å²) in [5.41, 5.74) is 3.40. The van der Waals surface area contributed by atoms with Gasteiger partial charge in [0.15, 0.2) is 0 Å². The maximum absolute atomic E-state index is 5.90. The molecule has 0 aliphatic heterocycles. The van der Waals surface area contributed by atoms with Gasteiger partial charge in [0.25, 0.3) is 0 Å². The summed E-state index contributed by atoms with van der Waals surface area (Å²) in [5, 5.41) is 0. The number of nitrogens with one attached hydrogen (secondary N) is 1. The van der Waals surface area contributed by atoms with Crippen molar-refractivity contribution in [3.05, 3.63) is 0 Å². The molecule has 0 saturated heterocycles. The smallest absolute Gasteiger partial charge is 0.0397 e. The highest BCUT2D eigenvalue weighted by Gasteiger charge is 2.40. The molecule has 1 aliphatic carbocycles. The van der Waals surface area contributed by atoms with E-state index in [1.165, 1.54) is 51.4 Å². The van der Waals surface area contributed by atoms with E-state index >= 15 is 0 Å². The van der Waals surface area contributed by atoms with Crippen molar-refractivity contribution in [3.63, 3.8) is 0 Å². The molecule has 0 spiro atoms. The van der Waals surface area contributed by atoms with Crippen LogP contribution in [0.25, 0.3) is 0 Å². The van der Waals surface area contributed by atoms with Crippen LogP contribution in [0.2, 0.25) is 0 Å². The van der Waals surface area contributed by atoms with Crippen LogP contribution in [0.5, 0.6) is 0 Å². The lowest BCUT2D eigenvalue weighted by Crippen LogP contribution is -2.61. The number of likely N-dealkylation sites (N-methyl/N-ethyl adjacent to an activating group) is 1. The maximum Gasteiger partial charge on any atom is 0.0397 e. The monoisotopic (exact) mass is 255 g/mol. The Hall–Kier alpha value is -0.120. The van der Waals surface area contributed by atoms with E-state index in [-0.39, 0.29) is 5.54 Å². The fourth-order valence-corrected chi connectivity index (χ4v) is 3.46. The molecule has 3 nitrogen and oxygen atoms in total. The number of nitrogens with zero attached hydrogens (tertiary/aromatic N) is 1. The zero-order valence-electron chi connectivity index (χ0n) is 12.8. The lowest BCUT2D eigenvalue weighted by molar-refractivity contribution is 0.0691. The van der Waals surface area contributed by atoms with E-state index in [9.17, 15) is 0 Å². The molecule has 0 aromatic rings. The van der Waals surface area contributed by atoms with Gasteiger partial charge in [0.05, 0.1) is 0 Å². The molecule has 1 saturated carbocycles. The summed E-state index contributed by atoms with van der Waals surface area (Å²) in [4.78, 5) is 2.44. The highest BCUT2D eigenvalue weighted by atomic mass is 15.3. The first-order chi connectivity index (χ1) is 8.56. The van der Waals surface area contributed by atoms with E-state index < -0.39 is 0 Å². The van der Waals surface area contributed by atoms with Gasteiger partial charge in [-0.05, 0) is 39.3 Å². The maximum atomic E-state index is 5.90. The number of nitrogens with two attached hydrogens (primary N) is 1.